The molecular weight excluding hydrogens is 356 g/mol. The van der Waals surface area contributed by atoms with Crippen LogP contribution in [0.3, 0.4) is 0 Å². The van der Waals surface area contributed by atoms with Crippen LogP contribution < -0.4 is 0 Å². The Morgan fingerprint density at radius 1 is 0.655 bits per heavy atom. The van der Waals surface area contributed by atoms with Gasteiger partial charge in [-0.05, 0) is 23.8 Å². The summed E-state index contributed by atoms with van der Waals surface area (Å²) >= 11 is 0. The lowest BCUT2D eigenvalue weighted by atomic mass is 10.1. The molecule has 4 aromatic carbocycles. The largest absolute Gasteiger partial charge is 0.456 e. The first-order chi connectivity index (χ1) is 14.4. The SMILES string of the molecule is C(=NCc1ccccc1)n1c2ccccc2c2cc3c(cc21)oc1ccccc13. The van der Waals surface area contributed by atoms with Crippen molar-refractivity contribution in [2.45, 2.75) is 6.54 Å². The van der Waals surface area contributed by atoms with Crippen molar-refractivity contribution in [3.8, 4) is 0 Å². The van der Waals surface area contributed by atoms with E-state index in [1.54, 1.807) is 0 Å². The average molecular weight is 374 g/mol. The minimum absolute atomic E-state index is 0.654. The van der Waals surface area contributed by atoms with Crippen molar-refractivity contribution in [1.29, 1.82) is 0 Å². The molecule has 6 rings (SSSR count). The number of hydrogen-bond acceptors (Lipinski definition) is 2. The number of aromatic nitrogens is 1. The standard InChI is InChI=1S/C26H18N2O/c1-2-8-18(9-3-1)16-27-17-28-23-12-6-4-10-19(23)21-14-22-20-11-5-7-13-25(20)29-26(22)15-24(21)28/h1-15,17H,16H2. The number of para-hydroxylation sites is 2. The quantitative estimate of drug-likeness (QED) is 0.248. The molecule has 0 saturated heterocycles. The van der Waals surface area contributed by atoms with Crippen molar-refractivity contribution in [1.82, 2.24) is 4.57 Å². The molecule has 0 fully saturated rings. The normalized spacial score (nSPS) is 12.1. The van der Waals surface area contributed by atoms with Crippen LogP contribution in [0.4, 0.5) is 0 Å². The second-order valence-electron chi connectivity index (χ2n) is 7.29. The molecule has 138 valence electrons. The van der Waals surface area contributed by atoms with E-state index in [1.807, 2.05) is 36.7 Å². The van der Waals surface area contributed by atoms with Crippen molar-refractivity contribution < 1.29 is 4.42 Å². The molecule has 0 aliphatic heterocycles. The zero-order valence-corrected chi connectivity index (χ0v) is 15.7. The fraction of sp³-hybridized carbons (Fsp3) is 0.0385. The van der Waals surface area contributed by atoms with Gasteiger partial charge in [-0.1, -0.05) is 66.7 Å². The number of fused-ring (bicyclic) bond motifs is 6. The third-order valence-corrected chi connectivity index (χ3v) is 5.52. The van der Waals surface area contributed by atoms with Gasteiger partial charge in [-0.25, -0.2) is 0 Å². The van der Waals surface area contributed by atoms with E-state index >= 15 is 0 Å². The Bertz CT molecular complexity index is 1520. The topological polar surface area (TPSA) is 30.4 Å². The Morgan fingerprint density at radius 3 is 2.31 bits per heavy atom. The molecule has 0 amide bonds. The summed E-state index contributed by atoms with van der Waals surface area (Å²) in [6.45, 7) is 0.654. The van der Waals surface area contributed by atoms with Gasteiger partial charge in [0.2, 0.25) is 0 Å². The lowest BCUT2D eigenvalue weighted by Gasteiger charge is -2.00. The second kappa shape index (κ2) is 6.35. The molecule has 0 saturated carbocycles. The van der Waals surface area contributed by atoms with E-state index in [0.717, 1.165) is 33.0 Å². The fourth-order valence-electron chi connectivity index (χ4n) is 4.15. The van der Waals surface area contributed by atoms with Crippen LogP contribution in [0, 0.1) is 0 Å². The summed E-state index contributed by atoms with van der Waals surface area (Å²) in [5.41, 5.74) is 5.28. The molecule has 3 heteroatoms. The molecule has 3 nitrogen and oxygen atoms in total. The molecule has 0 atom stereocenters. The van der Waals surface area contributed by atoms with Crippen molar-refractivity contribution in [3.63, 3.8) is 0 Å². The molecule has 0 aliphatic rings. The van der Waals surface area contributed by atoms with Crippen LogP contribution in [0.25, 0.3) is 43.7 Å². The van der Waals surface area contributed by atoms with Gasteiger partial charge in [-0.3, -0.25) is 4.99 Å². The van der Waals surface area contributed by atoms with Gasteiger partial charge in [0.25, 0.3) is 0 Å². The van der Waals surface area contributed by atoms with E-state index in [9.17, 15) is 0 Å². The van der Waals surface area contributed by atoms with E-state index in [2.05, 4.69) is 65.2 Å². The van der Waals surface area contributed by atoms with Crippen LogP contribution >= 0.6 is 0 Å². The van der Waals surface area contributed by atoms with Crippen LogP contribution in [0.5, 0.6) is 0 Å². The highest BCUT2D eigenvalue weighted by Gasteiger charge is 2.14. The molecule has 0 spiro atoms. The van der Waals surface area contributed by atoms with Gasteiger partial charge in [-0.2, -0.15) is 0 Å². The van der Waals surface area contributed by atoms with E-state index in [1.165, 1.54) is 16.3 Å². The van der Waals surface area contributed by atoms with Gasteiger partial charge in [0.05, 0.1) is 23.9 Å². The van der Waals surface area contributed by atoms with Gasteiger partial charge < -0.3 is 8.98 Å². The summed E-state index contributed by atoms with van der Waals surface area (Å²) in [5, 5.41) is 4.74. The number of benzene rings is 4. The molecule has 0 bridgehead atoms. The Morgan fingerprint density at radius 2 is 1.41 bits per heavy atom. The van der Waals surface area contributed by atoms with Crippen LogP contribution in [-0.4, -0.2) is 10.9 Å². The highest BCUT2D eigenvalue weighted by molar-refractivity contribution is 6.18. The molecule has 0 N–H and O–H groups in total. The highest BCUT2D eigenvalue weighted by atomic mass is 16.3. The lowest BCUT2D eigenvalue weighted by Crippen LogP contribution is -1.95. The fourth-order valence-corrected chi connectivity index (χ4v) is 4.15. The molecule has 0 radical (unpaired) electrons. The number of aliphatic imine (C=N–C) groups is 1. The summed E-state index contributed by atoms with van der Waals surface area (Å²) in [6, 6.07) is 31.4. The summed E-state index contributed by atoms with van der Waals surface area (Å²) in [4.78, 5) is 4.71. The Kier molecular flexibility index (Phi) is 3.53. The van der Waals surface area contributed by atoms with Gasteiger partial charge in [-0.15, -0.1) is 0 Å². The van der Waals surface area contributed by atoms with Crippen LogP contribution in [0.1, 0.15) is 5.56 Å². The lowest BCUT2D eigenvalue weighted by molar-refractivity contribution is 0.669. The maximum Gasteiger partial charge on any atom is 0.137 e. The average Bonchev–Trinajstić information content (AvgIpc) is 3.28. The summed E-state index contributed by atoms with van der Waals surface area (Å²) in [7, 11) is 0. The minimum atomic E-state index is 0.654. The third-order valence-electron chi connectivity index (χ3n) is 5.52. The van der Waals surface area contributed by atoms with Crippen molar-refractivity contribution >= 4 is 50.1 Å². The molecular formula is C26H18N2O. The van der Waals surface area contributed by atoms with E-state index in [4.69, 9.17) is 9.41 Å². The first-order valence-corrected chi connectivity index (χ1v) is 9.76. The van der Waals surface area contributed by atoms with Crippen LogP contribution in [0.15, 0.2) is 100 Å². The predicted molar refractivity (Wildman–Crippen MR) is 121 cm³/mol. The highest BCUT2D eigenvalue weighted by Crippen LogP contribution is 2.36. The van der Waals surface area contributed by atoms with Crippen LogP contribution in [0.2, 0.25) is 0 Å². The molecule has 2 heterocycles. The summed E-state index contributed by atoms with van der Waals surface area (Å²) < 4.78 is 8.29. The zero-order chi connectivity index (χ0) is 19.2. The monoisotopic (exact) mass is 374 g/mol. The second-order valence-corrected chi connectivity index (χ2v) is 7.29. The van der Waals surface area contributed by atoms with Gasteiger partial charge in [0.1, 0.15) is 11.2 Å². The zero-order valence-electron chi connectivity index (χ0n) is 15.7. The van der Waals surface area contributed by atoms with Crippen molar-refractivity contribution in [2.75, 3.05) is 0 Å². The number of furan rings is 1. The van der Waals surface area contributed by atoms with Gasteiger partial charge >= 0.3 is 0 Å². The van der Waals surface area contributed by atoms with E-state index < -0.39 is 0 Å². The van der Waals surface area contributed by atoms with Gasteiger partial charge in [0.15, 0.2) is 0 Å². The maximum absolute atomic E-state index is 6.13. The van der Waals surface area contributed by atoms with Crippen molar-refractivity contribution in [2.24, 2.45) is 4.99 Å². The van der Waals surface area contributed by atoms with Crippen molar-refractivity contribution in [3.05, 3.63) is 96.6 Å². The maximum atomic E-state index is 6.13. The smallest absolute Gasteiger partial charge is 0.137 e. The van der Waals surface area contributed by atoms with E-state index in [-0.39, 0.29) is 0 Å². The number of hydrogen-bond donors (Lipinski definition) is 0. The molecule has 2 aromatic heterocycles. The summed E-state index contributed by atoms with van der Waals surface area (Å²) in [6.07, 6.45) is 1.94. The number of nitrogens with zero attached hydrogens (tertiary/aromatic N) is 2. The Hall–Kier alpha value is -3.85. The first-order valence-electron chi connectivity index (χ1n) is 9.76. The first kappa shape index (κ1) is 16.1. The molecule has 6 aromatic rings. The Balaban J connectivity index is 1.58. The third kappa shape index (κ3) is 2.55. The predicted octanol–water partition coefficient (Wildman–Crippen LogP) is 6.77. The van der Waals surface area contributed by atoms with Gasteiger partial charge in [0, 0.05) is 27.6 Å². The Labute approximate surface area is 167 Å². The number of rotatable bonds is 3. The molecule has 0 aliphatic carbocycles. The van der Waals surface area contributed by atoms with Crippen LogP contribution in [-0.2, 0) is 6.54 Å². The minimum Gasteiger partial charge on any atom is -0.456 e. The van der Waals surface area contributed by atoms with E-state index in [0.29, 0.717) is 6.54 Å². The molecule has 29 heavy (non-hydrogen) atoms. The summed E-state index contributed by atoms with van der Waals surface area (Å²) in [5.74, 6) is 0. The molecule has 0 unspecified atom stereocenters.